The average Bonchev–Trinajstić information content (AvgIpc) is 2.97. The molecule has 9 nitrogen and oxygen atoms in total. The number of terminal acetylenes is 1. The molecule has 0 aliphatic heterocycles. The van der Waals surface area contributed by atoms with Gasteiger partial charge in [0.2, 0.25) is 5.91 Å². The van der Waals surface area contributed by atoms with Crippen molar-refractivity contribution in [3.8, 4) is 29.9 Å². The van der Waals surface area contributed by atoms with Gasteiger partial charge in [-0.2, -0.15) is 5.26 Å². The molecule has 2 aromatic heterocycles. The molecule has 0 spiro atoms. The third-order valence-corrected chi connectivity index (χ3v) is 5.89. The fraction of sp³-hybridized carbons (Fsp3) is 0.188. The molecule has 9 heteroatoms. The molecule has 0 saturated heterocycles. The van der Waals surface area contributed by atoms with Gasteiger partial charge in [-0.1, -0.05) is 18.1 Å². The van der Waals surface area contributed by atoms with Crippen LogP contribution in [0.1, 0.15) is 23.7 Å². The van der Waals surface area contributed by atoms with Crippen LogP contribution >= 0.6 is 0 Å². The summed E-state index contributed by atoms with van der Waals surface area (Å²) in [5.41, 5.74) is 3.86. The molecule has 0 bridgehead atoms. The van der Waals surface area contributed by atoms with Crippen LogP contribution in [-0.4, -0.2) is 48.0 Å². The molecule has 0 fully saturated rings. The Bertz CT molecular complexity index is 1650. The van der Waals surface area contributed by atoms with Crippen molar-refractivity contribution in [2.45, 2.75) is 13.5 Å². The second-order valence-electron chi connectivity index (χ2n) is 9.20. The summed E-state index contributed by atoms with van der Waals surface area (Å²) in [6.07, 6.45) is 12.2. The van der Waals surface area contributed by atoms with E-state index < -0.39 is 0 Å². The lowest BCUT2D eigenvalue weighted by molar-refractivity contribution is -0.111. The summed E-state index contributed by atoms with van der Waals surface area (Å²) in [6, 6.07) is 16.6. The van der Waals surface area contributed by atoms with Crippen LogP contribution < -0.4 is 20.1 Å². The molecule has 0 unspecified atom stereocenters. The highest BCUT2D eigenvalue weighted by Gasteiger charge is 2.16. The fourth-order valence-electron chi connectivity index (χ4n) is 3.98. The number of hydrogen-bond acceptors (Lipinski definition) is 8. The quantitative estimate of drug-likeness (QED) is 0.194. The number of rotatable bonds is 11. The number of benzene rings is 2. The molecule has 0 aliphatic carbocycles. The summed E-state index contributed by atoms with van der Waals surface area (Å²) in [5, 5.41) is 16.7. The third kappa shape index (κ3) is 7.39. The third-order valence-electron chi connectivity index (χ3n) is 5.89. The molecule has 0 atom stereocenters. The van der Waals surface area contributed by atoms with Crippen LogP contribution in [0, 0.1) is 23.7 Å². The number of carbonyl (C=O) groups is 1. The molecular weight excluding hydrogens is 516 g/mol. The Morgan fingerprint density at radius 2 is 1.95 bits per heavy atom. The van der Waals surface area contributed by atoms with Gasteiger partial charge in [0.15, 0.2) is 0 Å². The van der Waals surface area contributed by atoms with Crippen LogP contribution in [0.25, 0.3) is 10.9 Å². The molecule has 2 aromatic carbocycles. The first kappa shape index (κ1) is 28.6. The zero-order chi connectivity index (χ0) is 29.2. The van der Waals surface area contributed by atoms with Gasteiger partial charge < -0.3 is 25.0 Å². The Hall–Kier alpha value is -5.38. The second-order valence-corrected chi connectivity index (χ2v) is 9.20. The number of fused-ring (bicyclic) bond motifs is 1. The van der Waals surface area contributed by atoms with E-state index in [1.54, 1.807) is 36.5 Å². The van der Waals surface area contributed by atoms with Crippen LogP contribution in [0.3, 0.4) is 0 Å². The topological polar surface area (TPSA) is 112 Å². The number of nitrogens with one attached hydrogen (secondary N) is 2. The number of nitriles is 1. The van der Waals surface area contributed by atoms with E-state index in [9.17, 15) is 10.1 Å². The van der Waals surface area contributed by atoms with Gasteiger partial charge in [0, 0.05) is 42.2 Å². The van der Waals surface area contributed by atoms with Crippen LogP contribution in [0.15, 0.2) is 73.1 Å². The van der Waals surface area contributed by atoms with Gasteiger partial charge in [-0.25, -0.2) is 0 Å². The van der Waals surface area contributed by atoms with E-state index in [1.807, 2.05) is 50.2 Å². The number of pyridine rings is 2. The lowest BCUT2D eigenvalue weighted by atomic mass is 10.1. The first-order chi connectivity index (χ1) is 19.9. The number of anilines is 3. The maximum atomic E-state index is 12.6. The van der Waals surface area contributed by atoms with E-state index in [0.717, 1.165) is 5.69 Å². The minimum Gasteiger partial charge on any atom is -0.492 e. The van der Waals surface area contributed by atoms with Gasteiger partial charge >= 0.3 is 0 Å². The largest absolute Gasteiger partial charge is 0.492 e. The van der Waals surface area contributed by atoms with Crippen molar-refractivity contribution in [3.63, 3.8) is 0 Å². The molecular formula is C32H30N6O3. The number of hydrogen-bond donors (Lipinski definition) is 2. The lowest BCUT2D eigenvalue weighted by Gasteiger charge is -2.16. The van der Waals surface area contributed by atoms with Crippen molar-refractivity contribution in [1.29, 1.82) is 5.26 Å². The number of aromatic nitrogens is 2. The highest BCUT2D eigenvalue weighted by atomic mass is 16.5. The normalized spacial score (nSPS) is 10.8. The smallest absolute Gasteiger partial charge is 0.248 e. The Balaban J connectivity index is 1.67. The summed E-state index contributed by atoms with van der Waals surface area (Å²) < 4.78 is 11.7. The molecule has 2 N–H and O–H groups in total. The molecule has 0 aliphatic rings. The monoisotopic (exact) mass is 546 g/mol. The Morgan fingerprint density at radius 3 is 2.66 bits per heavy atom. The zero-order valence-corrected chi connectivity index (χ0v) is 23.1. The first-order valence-corrected chi connectivity index (χ1v) is 12.9. The number of amides is 1. The van der Waals surface area contributed by atoms with Crippen molar-refractivity contribution in [2.24, 2.45) is 0 Å². The molecule has 41 heavy (non-hydrogen) atoms. The standard InChI is InChI=1S/C32H30N6O3/c1-5-22-16-24(12-13-29(22)41-21-25-10-7-8-14-34-25)36-32-23(19-33)20-35-27-18-30(40-6-2)28(17-26(27)32)37-31(39)11-9-15-38(3)4/h1,7-14,16-18,20H,6,15,21H2,2-4H3,(H,35,36)(H,37,39)/b11-9+. The molecule has 0 saturated carbocycles. The van der Waals surface area contributed by atoms with E-state index in [0.29, 0.717) is 63.7 Å². The van der Waals surface area contributed by atoms with Gasteiger partial charge in [-0.15, -0.1) is 6.42 Å². The highest BCUT2D eigenvalue weighted by molar-refractivity contribution is 6.04. The summed E-state index contributed by atoms with van der Waals surface area (Å²) in [6.45, 7) is 3.16. The van der Waals surface area contributed by atoms with Crippen molar-refractivity contribution < 1.29 is 14.3 Å². The Labute approximate surface area is 239 Å². The summed E-state index contributed by atoms with van der Waals surface area (Å²) in [4.78, 5) is 23.3. The minimum absolute atomic E-state index is 0.275. The molecule has 206 valence electrons. The van der Waals surface area contributed by atoms with E-state index in [4.69, 9.17) is 15.9 Å². The van der Waals surface area contributed by atoms with E-state index >= 15 is 0 Å². The van der Waals surface area contributed by atoms with Gasteiger partial charge in [-0.3, -0.25) is 14.8 Å². The van der Waals surface area contributed by atoms with Crippen LogP contribution in [-0.2, 0) is 11.4 Å². The number of nitrogens with zero attached hydrogens (tertiary/aromatic N) is 4. The number of carbonyl (C=O) groups excluding carboxylic acids is 1. The number of likely N-dealkylation sites (N-methyl/N-ethyl adjacent to an activating group) is 1. The lowest BCUT2D eigenvalue weighted by Crippen LogP contribution is -2.13. The minimum atomic E-state index is -0.300. The van der Waals surface area contributed by atoms with Crippen molar-refractivity contribution in [3.05, 3.63) is 89.9 Å². The van der Waals surface area contributed by atoms with E-state index in [-0.39, 0.29) is 12.5 Å². The first-order valence-electron chi connectivity index (χ1n) is 12.9. The number of ether oxygens (including phenoxy) is 2. The predicted molar refractivity (Wildman–Crippen MR) is 160 cm³/mol. The molecule has 4 rings (SSSR count). The summed E-state index contributed by atoms with van der Waals surface area (Å²) in [5.74, 6) is 3.38. The van der Waals surface area contributed by atoms with Crippen LogP contribution in [0.4, 0.5) is 17.1 Å². The van der Waals surface area contributed by atoms with Gasteiger partial charge in [0.05, 0.1) is 40.3 Å². The zero-order valence-electron chi connectivity index (χ0n) is 23.1. The maximum absolute atomic E-state index is 12.6. The van der Waals surface area contributed by atoms with Crippen molar-refractivity contribution in [2.75, 3.05) is 37.9 Å². The maximum Gasteiger partial charge on any atom is 0.248 e. The average molecular weight is 547 g/mol. The SMILES string of the molecule is C#Cc1cc(Nc2c(C#N)cnc3cc(OCC)c(NC(=O)/C=C/CN(C)C)cc23)ccc1OCc1ccccn1. The van der Waals surface area contributed by atoms with E-state index in [1.165, 1.54) is 12.3 Å². The van der Waals surface area contributed by atoms with Gasteiger partial charge in [0.25, 0.3) is 0 Å². The predicted octanol–water partition coefficient (Wildman–Crippen LogP) is 5.26. The van der Waals surface area contributed by atoms with Crippen LogP contribution in [0.2, 0.25) is 0 Å². The van der Waals surface area contributed by atoms with Crippen molar-refractivity contribution >= 4 is 33.9 Å². The van der Waals surface area contributed by atoms with Gasteiger partial charge in [-0.05, 0) is 57.4 Å². The Kier molecular flexibility index (Phi) is 9.50. The second kappa shape index (κ2) is 13.6. The molecule has 0 radical (unpaired) electrons. The highest BCUT2D eigenvalue weighted by Crippen LogP contribution is 2.36. The van der Waals surface area contributed by atoms with Crippen LogP contribution in [0.5, 0.6) is 11.5 Å². The van der Waals surface area contributed by atoms with Crippen molar-refractivity contribution in [1.82, 2.24) is 14.9 Å². The fourth-order valence-corrected chi connectivity index (χ4v) is 3.98. The summed E-state index contributed by atoms with van der Waals surface area (Å²) >= 11 is 0. The molecule has 1 amide bonds. The molecule has 4 aromatic rings. The summed E-state index contributed by atoms with van der Waals surface area (Å²) in [7, 11) is 3.84. The van der Waals surface area contributed by atoms with Gasteiger partial charge in [0.1, 0.15) is 24.2 Å². The van der Waals surface area contributed by atoms with E-state index in [2.05, 4.69) is 32.6 Å². The Morgan fingerprint density at radius 1 is 1.10 bits per heavy atom. The molecule has 2 heterocycles.